The molecule has 0 saturated carbocycles. The zero-order valence-corrected chi connectivity index (χ0v) is 18.8. The van der Waals surface area contributed by atoms with Gasteiger partial charge in [0.25, 0.3) is 0 Å². The van der Waals surface area contributed by atoms with Crippen LogP contribution in [0.5, 0.6) is 0 Å². The molecule has 0 aliphatic rings. The summed E-state index contributed by atoms with van der Waals surface area (Å²) in [5.74, 6) is 0. The largest absolute Gasteiger partial charge is 2.00 e. The minimum Gasteiger partial charge on any atom is -0.696 e. The second-order valence-corrected chi connectivity index (χ2v) is 1.67. The van der Waals surface area contributed by atoms with Crippen LogP contribution >= 0.6 is 0 Å². The molecule has 0 saturated heterocycles. The van der Waals surface area contributed by atoms with Crippen molar-refractivity contribution in [2.75, 3.05) is 13.1 Å². The second kappa shape index (κ2) is 118. The molecule has 0 atom stereocenters. The first-order chi connectivity index (χ1) is 7.57. The van der Waals surface area contributed by atoms with Crippen molar-refractivity contribution in [3.8, 4) is 21.6 Å². The van der Waals surface area contributed by atoms with E-state index in [1.807, 2.05) is 0 Å². The molecular formula is C6H8HgN6NiS4. The Kier molecular flexibility index (Phi) is 280. The number of thiocyanates is 4. The average Bonchev–Trinajstić information content (AvgIpc) is 2.22. The smallest absolute Gasteiger partial charge is 0.696 e. The Hall–Kier alpha value is 0.189. The van der Waals surface area contributed by atoms with Crippen LogP contribution < -0.4 is 11.5 Å². The Morgan fingerprint density at radius 2 is 0.722 bits per heavy atom. The van der Waals surface area contributed by atoms with Crippen LogP contribution in [0.25, 0.3) is 0 Å². The molecule has 0 spiro atoms. The van der Waals surface area contributed by atoms with E-state index in [1.54, 1.807) is 0 Å². The summed E-state index contributed by atoms with van der Waals surface area (Å²) in [4.78, 5) is 0. The van der Waals surface area contributed by atoms with Gasteiger partial charge in [0, 0.05) is 13.1 Å². The molecule has 0 rings (SSSR count). The van der Waals surface area contributed by atoms with Gasteiger partial charge in [0.2, 0.25) is 0 Å². The summed E-state index contributed by atoms with van der Waals surface area (Å²) in [7, 11) is 0. The van der Waals surface area contributed by atoms with Gasteiger partial charge < -0.3 is 62.0 Å². The summed E-state index contributed by atoms with van der Waals surface area (Å²) in [6, 6.07) is 0. The molecule has 0 aromatic carbocycles. The fraction of sp³-hybridized carbons (Fsp3) is 0.333. The van der Waals surface area contributed by atoms with Crippen LogP contribution in [0.3, 0.4) is 0 Å². The zero-order chi connectivity index (χ0) is 14.2. The SMILES string of the molecule is N#C[S-].N#C[S-].N#C[S-].N#C[S-].NCCN.[Hg+2].[Ni+2]. The molecule has 0 heterocycles. The predicted octanol–water partition coefficient (Wildman–Crippen LogP) is -1.04. The third-order valence-corrected chi connectivity index (χ3v) is 0.167. The zero-order valence-electron chi connectivity index (χ0n) is 9.01. The van der Waals surface area contributed by atoms with Crippen molar-refractivity contribution >= 4 is 50.5 Å². The van der Waals surface area contributed by atoms with E-state index < -0.39 is 0 Å². The summed E-state index contributed by atoms with van der Waals surface area (Å²) in [5.41, 5.74) is 9.81. The monoisotopic (exact) mass is 552 g/mol. The molecule has 4 N–H and O–H groups in total. The van der Waals surface area contributed by atoms with Crippen LogP contribution in [0.1, 0.15) is 0 Å². The van der Waals surface area contributed by atoms with Crippen molar-refractivity contribution in [3.63, 3.8) is 0 Å². The predicted molar refractivity (Wildman–Crippen MR) is 70.0 cm³/mol. The van der Waals surface area contributed by atoms with E-state index in [0.29, 0.717) is 13.1 Å². The summed E-state index contributed by atoms with van der Waals surface area (Å²) >= 11 is 14.8. The third-order valence-electron chi connectivity index (χ3n) is 0.167. The van der Waals surface area contributed by atoms with E-state index in [1.165, 1.54) is 21.6 Å². The van der Waals surface area contributed by atoms with Crippen LogP contribution in [0.15, 0.2) is 0 Å². The van der Waals surface area contributed by atoms with E-state index in [9.17, 15) is 0 Å². The molecule has 0 aromatic rings. The molecule has 18 heavy (non-hydrogen) atoms. The normalized spacial score (nSPS) is 3.22. The first-order valence-electron chi connectivity index (χ1n) is 3.03. The molecule has 0 bridgehead atoms. The molecule has 98 valence electrons. The van der Waals surface area contributed by atoms with Crippen LogP contribution in [-0.4, -0.2) is 13.1 Å². The van der Waals surface area contributed by atoms with Gasteiger partial charge in [-0.15, -0.1) is 0 Å². The first-order valence-corrected chi connectivity index (χ1v) is 4.66. The standard InChI is InChI=1S/C2H8N2.4CHNS.Hg.Ni/c3-1-2-4;4*2-1-3;;/h1-4H2;4*3H;;/q;;;;;2*+2/p-4. The van der Waals surface area contributed by atoms with E-state index in [4.69, 9.17) is 32.5 Å². The van der Waals surface area contributed by atoms with Crippen molar-refractivity contribution in [2.24, 2.45) is 11.5 Å². The second-order valence-electron chi connectivity index (χ2n) is 0.942. The van der Waals surface area contributed by atoms with Gasteiger partial charge >= 0.3 is 44.2 Å². The van der Waals surface area contributed by atoms with Crippen LogP contribution in [0.2, 0.25) is 0 Å². The average molecular weight is 552 g/mol. The molecule has 12 heteroatoms. The summed E-state index contributed by atoms with van der Waals surface area (Å²) < 4.78 is 0. The van der Waals surface area contributed by atoms with Crippen molar-refractivity contribution in [3.05, 3.63) is 0 Å². The van der Waals surface area contributed by atoms with Crippen LogP contribution in [0.4, 0.5) is 0 Å². The number of hydrogen-bond donors (Lipinski definition) is 2. The maximum absolute atomic E-state index is 7.13. The van der Waals surface area contributed by atoms with Crippen molar-refractivity contribution in [1.82, 2.24) is 0 Å². The fourth-order valence-electron chi connectivity index (χ4n) is 0. The summed E-state index contributed by atoms with van der Waals surface area (Å²) in [5, 5.41) is 33.9. The van der Waals surface area contributed by atoms with Gasteiger partial charge in [-0.05, 0) is 0 Å². The Morgan fingerprint density at radius 3 is 0.722 bits per heavy atom. The van der Waals surface area contributed by atoms with Crippen molar-refractivity contribution < 1.29 is 44.2 Å². The molecule has 6 nitrogen and oxygen atoms in total. The van der Waals surface area contributed by atoms with Gasteiger partial charge in [-0.3, -0.25) is 0 Å². The molecule has 0 radical (unpaired) electrons. The molecule has 0 unspecified atom stereocenters. The Bertz CT molecular complexity index is 192. The van der Waals surface area contributed by atoms with Gasteiger partial charge in [-0.2, -0.15) is 0 Å². The maximum atomic E-state index is 7.13. The first kappa shape index (κ1) is 42.9. The number of hydrogen-bond acceptors (Lipinski definition) is 10. The maximum Gasteiger partial charge on any atom is 2.00 e. The Morgan fingerprint density at radius 1 is 0.667 bits per heavy atom. The van der Waals surface area contributed by atoms with Gasteiger partial charge in [0.15, 0.2) is 0 Å². The van der Waals surface area contributed by atoms with E-state index in [2.05, 4.69) is 50.5 Å². The van der Waals surface area contributed by atoms with Crippen molar-refractivity contribution in [1.29, 1.82) is 21.0 Å². The Labute approximate surface area is 160 Å². The number of nitrogens with zero attached hydrogens (tertiary/aromatic N) is 4. The summed E-state index contributed by atoms with van der Waals surface area (Å²) in [6.45, 7) is 1.19. The molecule has 0 fully saturated rings. The quantitative estimate of drug-likeness (QED) is 0.235. The molecule has 0 aliphatic carbocycles. The number of nitrogens with two attached hydrogens (primary N) is 2. The van der Waals surface area contributed by atoms with Gasteiger partial charge in [-0.1, -0.05) is 21.6 Å². The van der Waals surface area contributed by atoms with E-state index in [0.717, 1.165) is 0 Å². The van der Waals surface area contributed by atoms with Crippen molar-refractivity contribution in [2.45, 2.75) is 0 Å². The third kappa shape index (κ3) is 2640. The van der Waals surface area contributed by atoms with E-state index in [-0.39, 0.29) is 44.2 Å². The Balaban J connectivity index is -0.0000000164. The van der Waals surface area contributed by atoms with Crippen LogP contribution in [-0.2, 0) is 94.7 Å². The van der Waals surface area contributed by atoms with Gasteiger partial charge in [-0.25, -0.2) is 21.0 Å². The molecule has 0 amide bonds. The number of rotatable bonds is 1. The van der Waals surface area contributed by atoms with Crippen LogP contribution in [0, 0.1) is 42.7 Å². The number of nitriles is 4. The molecular weight excluding hydrogens is 544 g/mol. The summed E-state index contributed by atoms with van der Waals surface area (Å²) in [6.07, 6.45) is 0. The van der Waals surface area contributed by atoms with Gasteiger partial charge in [0.05, 0.1) is 0 Å². The van der Waals surface area contributed by atoms with E-state index >= 15 is 0 Å². The minimum atomic E-state index is 0. The van der Waals surface area contributed by atoms with Gasteiger partial charge in [0.1, 0.15) is 0 Å². The topological polar surface area (TPSA) is 147 Å². The minimum absolute atomic E-state index is 0. The molecule has 0 aliphatic heterocycles. The molecule has 0 aromatic heterocycles. The fourth-order valence-corrected chi connectivity index (χ4v) is 0.